The molecule has 2 nitrogen and oxygen atoms in total. The zero-order valence-electron chi connectivity index (χ0n) is 6.82. The number of hydrogen-bond donors (Lipinski definition) is 2. The second kappa shape index (κ2) is 6.78. The van der Waals surface area contributed by atoms with Gasteiger partial charge in [0, 0.05) is 0 Å². The minimum atomic E-state index is 0.735. The minimum absolute atomic E-state index is 0.735. The Morgan fingerprint density at radius 1 is 1.50 bits per heavy atom. The van der Waals surface area contributed by atoms with E-state index in [1.165, 1.54) is 12.0 Å². The normalized spacial score (nSPS) is 9.80. The molecule has 0 rings (SSSR count). The van der Waals surface area contributed by atoms with Crippen LogP contribution in [0.25, 0.3) is 0 Å². The predicted octanol–water partition coefficient (Wildman–Crippen LogP) is 0.891. The van der Waals surface area contributed by atoms with Crippen molar-refractivity contribution in [3.05, 3.63) is 12.2 Å². The lowest BCUT2D eigenvalue weighted by atomic mass is 10.1. The van der Waals surface area contributed by atoms with Crippen molar-refractivity contribution in [1.82, 2.24) is 5.32 Å². The van der Waals surface area contributed by atoms with Gasteiger partial charge in [-0.2, -0.15) is 0 Å². The molecule has 0 aliphatic rings. The van der Waals surface area contributed by atoms with E-state index in [4.69, 9.17) is 5.73 Å². The van der Waals surface area contributed by atoms with Crippen molar-refractivity contribution >= 4 is 0 Å². The van der Waals surface area contributed by atoms with Gasteiger partial charge in [0.05, 0.1) is 0 Å². The minimum Gasteiger partial charge on any atom is -0.330 e. The molecule has 0 saturated heterocycles. The Balaban J connectivity index is 3.05. The van der Waals surface area contributed by atoms with Gasteiger partial charge in [0.25, 0.3) is 0 Å². The third-order valence-corrected chi connectivity index (χ3v) is 1.45. The summed E-state index contributed by atoms with van der Waals surface area (Å²) in [5, 5.41) is 3.09. The van der Waals surface area contributed by atoms with Crippen LogP contribution in [0, 0.1) is 0 Å². The maximum atomic E-state index is 5.36. The van der Waals surface area contributed by atoms with E-state index in [9.17, 15) is 0 Å². The van der Waals surface area contributed by atoms with E-state index in [0.29, 0.717) is 0 Å². The van der Waals surface area contributed by atoms with Crippen LogP contribution in [0.5, 0.6) is 0 Å². The Kier molecular flexibility index (Phi) is 6.55. The summed E-state index contributed by atoms with van der Waals surface area (Å²) in [6, 6.07) is 0. The summed E-state index contributed by atoms with van der Waals surface area (Å²) < 4.78 is 0. The van der Waals surface area contributed by atoms with Crippen molar-refractivity contribution in [3.8, 4) is 0 Å². The van der Waals surface area contributed by atoms with Gasteiger partial charge in [-0.3, -0.25) is 0 Å². The Hall–Kier alpha value is -0.340. The number of rotatable bonds is 6. The van der Waals surface area contributed by atoms with Crippen LogP contribution in [0.3, 0.4) is 0 Å². The second-order valence-electron chi connectivity index (χ2n) is 2.50. The molecule has 0 bridgehead atoms. The average Bonchev–Trinajstić information content (AvgIpc) is 1.89. The van der Waals surface area contributed by atoms with Gasteiger partial charge in [0.15, 0.2) is 0 Å². The molecular weight excluding hydrogens is 124 g/mol. The van der Waals surface area contributed by atoms with Crippen molar-refractivity contribution in [1.29, 1.82) is 0 Å². The van der Waals surface area contributed by atoms with Crippen molar-refractivity contribution < 1.29 is 0 Å². The van der Waals surface area contributed by atoms with Crippen molar-refractivity contribution in [3.63, 3.8) is 0 Å². The highest BCUT2D eigenvalue weighted by atomic mass is 14.8. The Labute approximate surface area is 63.5 Å². The predicted molar refractivity (Wildman–Crippen MR) is 46.0 cm³/mol. The van der Waals surface area contributed by atoms with Gasteiger partial charge in [-0.15, -0.1) is 0 Å². The van der Waals surface area contributed by atoms with Crippen LogP contribution < -0.4 is 11.1 Å². The molecule has 60 valence electrons. The molecule has 0 aliphatic heterocycles. The van der Waals surface area contributed by atoms with Gasteiger partial charge in [-0.25, -0.2) is 0 Å². The summed E-state index contributed by atoms with van der Waals surface area (Å²) in [6.07, 6.45) is 3.26. The highest BCUT2D eigenvalue weighted by Gasteiger charge is 1.91. The van der Waals surface area contributed by atoms with Crippen molar-refractivity contribution in [2.45, 2.75) is 19.3 Å². The fraction of sp³-hybridized carbons (Fsp3) is 0.750. The molecule has 0 aromatic heterocycles. The lowest BCUT2D eigenvalue weighted by Crippen LogP contribution is -2.08. The molecule has 0 aromatic rings. The van der Waals surface area contributed by atoms with Gasteiger partial charge in [0.1, 0.15) is 0 Å². The lowest BCUT2D eigenvalue weighted by Gasteiger charge is -2.02. The molecule has 0 aliphatic carbocycles. The molecule has 0 heterocycles. The van der Waals surface area contributed by atoms with E-state index in [0.717, 1.165) is 25.9 Å². The highest BCUT2D eigenvalue weighted by molar-refractivity contribution is 4.93. The van der Waals surface area contributed by atoms with Crippen LogP contribution in [-0.4, -0.2) is 20.1 Å². The molecule has 0 saturated carbocycles. The summed E-state index contributed by atoms with van der Waals surface area (Å²) >= 11 is 0. The third-order valence-electron chi connectivity index (χ3n) is 1.45. The first-order chi connectivity index (χ1) is 4.81. The van der Waals surface area contributed by atoms with E-state index in [2.05, 4.69) is 11.9 Å². The lowest BCUT2D eigenvalue weighted by molar-refractivity contribution is 0.706. The number of nitrogens with two attached hydrogens (primary N) is 1. The van der Waals surface area contributed by atoms with Gasteiger partial charge in [-0.1, -0.05) is 12.2 Å². The summed E-state index contributed by atoms with van der Waals surface area (Å²) in [5.74, 6) is 0. The molecule has 2 heteroatoms. The first kappa shape index (κ1) is 9.66. The maximum Gasteiger partial charge on any atom is -0.00400 e. The molecule has 0 fully saturated rings. The smallest absolute Gasteiger partial charge is 0.00400 e. The van der Waals surface area contributed by atoms with E-state index in [1.807, 2.05) is 7.05 Å². The molecule has 0 radical (unpaired) electrons. The summed E-state index contributed by atoms with van der Waals surface area (Å²) in [4.78, 5) is 0. The first-order valence-electron chi connectivity index (χ1n) is 3.82. The topological polar surface area (TPSA) is 38.0 Å². The molecule has 0 unspecified atom stereocenters. The van der Waals surface area contributed by atoms with Crippen LogP contribution in [-0.2, 0) is 0 Å². The third kappa shape index (κ3) is 5.79. The van der Waals surface area contributed by atoms with E-state index in [-0.39, 0.29) is 0 Å². The molecule has 10 heavy (non-hydrogen) atoms. The maximum absolute atomic E-state index is 5.36. The van der Waals surface area contributed by atoms with Crippen molar-refractivity contribution in [2.75, 3.05) is 20.1 Å². The molecule has 0 spiro atoms. The quantitative estimate of drug-likeness (QED) is 0.427. The van der Waals surface area contributed by atoms with Gasteiger partial charge >= 0.3 is 0 Å². The Morgan fingerprint density at radius 2 is 2.20 bits per heavy atom. The van der Waals surface area contributed by atoms with E-state index < -0.39 is 0 Å². The highest BCUT2D eigenvalue weighted by Crippen LogP contribution is 2.04. The van der Waals surface area contributed by atoms with Crippen LogP contribution in [0.4, 0.5) is 0 Å². The van der Waals surface area contributed by atoms with Gasteiger partial charge in [-0.05, 0) is 39.4 Å². The first-order valence-corrected chi connectivity index (χ1v) is 3.82. The average molecular weight is 142 g/mol. The number of nitrogens with one attached hydrogen (secondary N) is 1. The molecule has 0 amide bonds. The van der Waals surface area contributed by atoms with E-state index in [1.54, 1.807) is 0 Å². The summed E-state index contributed by atoms with van der Waals surface area (Å²) in [5.41, 5.74) is 6.63. The largest absolute Gasteiger partial charge is 0.330 e. The molecule has 0 atom stereocenters. The second-order valence-corrected chi connectivity index (χ2v) is 2.50. The van der Waals surface area contributed by atoms with Crippen LogP contribution in [0.2, 0.25) is 0 Å². The summed E-state index contributed by atoms with van der Waals surface area (Å²) in [6.45, 7) is 5.72. The Bertz CT molecular complexity index is 89.3. The Morgan fingerprint density at radius 3 is 2.70 bits per heavy atom. The molecule has 3 N–H and O–H groups in total. The summed E-state index contributed by atoms with van der Waals surface area (Å²) in [7, 11) is 1.96. The van der Waals surface area contributed by atoms with Gasteiger partial charge < -0.3 is 11.1 Å². The zero-order valence-corrected chi connectivity index (χ0v) is 6.82. The molecular formula is C8H18N2. The van der Waals surface area contributed by atoms with Crippen LogP contribution in [0.15, 0.2) is 12.2 Å². The van der Waals surface area contributed by atoms with Crippen LogP contribution in [0.1, 0.15) is 19.3 Å². The SMILES string of the molecule is C=C(CCN)CCCNC. The fourth-order valence-electron chi connectivity index (χ4n) is 0.844. The molecule has 0 aromatic carbocycles. The zero-order chi connectivity index (χ0) is 7.82. The van der Waals surface area contributed by atoms with Crippen LogP contribution >= 0.6 is 0 Å². The monoisotopic (exact) mass is 142 g/mol. The fourth-order valence-corrected chi connectivity index (χ4v) is 0.844. The van der Waals surface area contributed by atoms with E-state index >= 15 is 0 Å². The van der Waals surface area contributed by atoms with Crippen molar-refractivity contribution in [2.24, 2.45) is 5.73 Å². The number of hydrogen-bond acceptors (Lipinski definition) is 2. The standard InChI is InChI=1S/C8H18N2/c1-8(5-6-9)4-3-7-10-2/h10H,1,3-7,9H2,2H3. The van der Waals surface area contributed by atoms with Gasteiger partial charge in [0.2, 0.25) is 0 Å².